The zero-order valence-electron chi connectivity index (χ0n) is 11.3. The predicted octanol–water partition coefficient (Wildman–Crippen LogP) is 3.51. The Morgan fingerprint density at radius 1 is 1.05 bits per heavy atom. The molecule has 5 fully saturated rings. The van der Waals surface area contributed by atoms with Gasteiger partial charge in [-0.05, 0) is 69.1 Å². The largest absolute Gasteiger partial charge is 0.352 e. The third-order valence-electron chi connectivity index (χ3n) is 6.28. The summed E-state index contributed by atoms with van der Waals surface area (Å²) in [4.78, 5) is 12.5. The van der Waals surface area contributed by atoms with Crippen LogP contribution in [0.1, 0.15) is 45.4 Å². The van der Waals surface area contributed by atoms with Gasteiger partial charge in [0.2, 0.25) is 5.91 Å². The summed E-state index contributed by atoms with van der Waals surface area (Å²) in [5.41, 5.74) is -0.565. The molecule has 0 heterocycles. The quantitative estimate of drug-likeness (QED) is 0.777. The SMILES string of the molecule is CC1(C(=O)NC2C3CC4CC(C3)CC2C4)CC1(Cl)Cl. The monoisotopic (exact) mass is 301 g/mol. The summed E-state index contributed by atoms with van der Waals surface area (Å²) in [5, 5.41) is 3.31. The second kappa shape index (κ2) is 3.82. The van der Waals surface area contributed by atoms with Crippen LogP contribution in [-0.4, -0.2) is 16.3 Å². The van der Waals surface area contributed by atoms with E-state index in [-0.39, 0.29) is 5.91 Å². The summed E-state index contributed by atoms with van der Waals surface area (Å²) in [7, 11) is 0. The van der Waals surface area contributed by atoms with Crippen molar-refractivity contribution in [2.45, 2.75) is 55.8 Å². The van der Waals surface area contributed by atoms with Crippen LogP contribution in [0.5, 0.6) is 0 Å². The van der Waals surface area contributed by atoms with Gasteiger partial charge in [0.25, 0.3) is 0 Å². The highest BCUT2D eigenvalue weighted by Gasteiger charge is 2.68. The molecule has 106 valence electrons. The Morgan fingerprint density at radius 3 is 1.95 bits per heavy atom. The molecule has 0 aliphatic heterocycles. The fourth-order valence-corrected chi connectivity index (χ4v) is 5.82. The molecule has 2 nitrogen and oxygen atoms in total. The molecule has 5 aliphatic rings. The highest BCUT2D eigenvalue weighted by molar-refractivity contribution is 6.53. The van der Waals surface area contributed by atoms with E-state index in [0.717, 1.165) is 11.8 Å². The Hall–Kier alpha value is 0.0500. The summed E-state index contributed by atoms with van der Waals surface area (Å²) >= 11 is 12.2. The van der Waals surface area contributed by atoms with Gasteiger partial charge < -0.3 is 5.32 Å². The van der Waals surface area contributed by atoms with Crippen molar-refractivity contribution in [2.24, 2.45) is 29.1 Å². The van der Waals surface area contributed by atoms with E-state index in [1.807, 2.05) is 6.92 Å². The minimum Gasteiger partial charge on any atom is -0.352 e. The molecule has 0 aromatic heterocycles. The zero-order chi connectivity index (χ0) is 13.4. The number of alkyl halides is 2. The number of amides is 1. The standard InChI is InChI=1S/C15H21Cl2NO/c1-14(7-15(14,16)17)13(19)18-12-10-3-8-2-9(5-10)6-11(12)4-8/h8-12H,2-7H2,1H3,(H,18,19). The first-order valence-corrected chi connectivity index (χ1v) is 8.33. The number of hydrogen-bond acceptors (Lipinski definition) is 1. The number of carbonyl (C=O) groups excluding carboxylic acids is 1. The van der Waals surface area contributed by atoms with Crippen LogP contribution in [0.2, 0.25) is 0 Å². The third-order valence-corrected chi connectivity index (χ3v) is 7.38. The molecule has 0 aromatic rings. The highest BCUT2D eigenvalue weighted by atomic mass is 35.5. The molecule has 5 rings (SSSR count). The van der Waals surface area contributed by atoms with Gasteiger partial charge in [0.15, 0.2) is 0 Å². The van der Waals surface area contributed by atoms with Crippen molar-refractivity contribution in [3.8, 4) is 0 Å². The van der Waals surface area contributed by atoms with E-state index < -0.39 is 9.75 Å². The van der Waals surface area contributed by atoms with E-state index in [0.29, 0.717) is 24.3 Å². The van der Waals surface area contributed by atoms with Crippen LogP contribution in [-0.2, 0) is 4.79 Å². The molecule has 1 unspecified atom stereocenters. The lowest BCUT2D eigenvalue weighted by Crippen LogP contribution is -2.57. The van der Waals surface area contributed by atoms with Crippen LogP contribution in [0.15, 0.2) is 0 Å². The van der Waals surface area contributed by atoms with Crippen molar-refractivity contribution in [3.63, 3.8) is 0 Å². The molecule has 4 heteroatoms. The van der Waals surface area contributed by atoms with Gasteiger partial charge in [0.05, 0.1) is 5.41 Å². The Labute approximate surface area is 124 Å². The van der Waals surface area contributed by atoms with Crippen molar-refractivity contribution < 1.29 is 4.79 Å². The molecule has 0 radical (unpaired) electrons. The first-order chi connectivity index (χ1) is 8.89. The molecular weight excluding hydrogens is 281 g/mol. The highest BCUT2D eigenvalue weighted by Crippen LogP contribution is 2.64. The zero-order valence-corrected chi connectivity index (χ0v) is 12.8. The van der Waals surface area contributed by atoms with E-state index in [2.05, 4.69) is 5.32 Å². The van der Waals surface area contributed by atoms with E-state index >= 15 is 0 Å². The molecule has 1 atom stereocenters. The van der Waals surface area contributed by atoms with Crippen LogP contribution in [0.25, 0.3) is 0 Å². The fourth-order valence-electron chi connectivity index (χ4n) is 5.12. The van der Waals surface area contributed by atoms with Crippen molar-refractivity contribution in [3.05, 3.63) is 0 Å². The van der Waals surface area contributed by atoms with E-state index in [1.54, 1.807) is 0 Å². The Balaban J connectivity index is 1.48. The van der Waals surface area contributed by atoms with E-state index in [4.69, 9.17) is 23.2 Å². The van der Waals surface area contributed by atoms with Gasteiger partial charge in [-0.2, -0.15) is 0 Å². The maximum Gasteiger partial charge on any atom is 0.229 e. The fraction of sp³-hybridized carbons (Fsp3) is 0.933. The lowest BCUT2D eigenvalue weighted by Gasteiger charge is -2.54. The van der Waals surface area contributed by atoms with Crippen molar-refractivity contribution in [1.82, 2.24) is 5.32 Å². The lowest BCUT2D eigenvalue weighted by atomic mass is 9.54. The topological polar surface area (TPSA) is 29.1 Å². The van der Waals surface area contributed by atoms with Gasteiger partial charge in [-0.3, -0.25) is 4.79 Å². The Morgan fingerprint density at radius 2 is 1.53 bits per heavy atom. The number of nitrogens with one attached hydrogen (secondary N) is 1. The van der Waals surface area contributed by atoms with Crippen LogP contribution in [0, 0.1) is 29.1 Å². The number of halogens is 2. The maximum atomic E-state index is 12.5. The second-order valence-electron chi connectivity index (χ2n) is 7.64. The van der Waals surface area contributed by atoms with Crippen molar-refractivity contribution in [1.29, 1.82) is 0 Å². The molecule has 5 saturated carbocycles. The minimum absolute atomic E-state index is 0.0787. The summed E-state index contributed by atoms with van der Waals surface area (Å²) in [6.45, 7) is 1.89. The first kappa shape index (κ1) is 12.8. The van der Waals surface area contributed by atoms with Crippen molar-refractivity contribution >= 4 is 29.1 Å². The number of hydrogen-bond donors (Lipinski definition) is 1. The minimum atomic E-state index is -0.844. The smallest absolute Gasteiger partial charge is 0.229 e. The van der Waals surface area contributed by atoms with Gasteiger partial charge in [-0.25, -0.2) is 0 Å². The molecule has 0 saturated heterocycles. The lowest BCUT2D eigenvalue weighted by molar-refractivity contribution is -0.129. The van der Waals surface area contributed by atoms with Gasteiger partial charge in [0.1, 0.15) is 4.33 Å². The van der Waals surface area contributed by atoms with Gasteiger partial charge >= 0.3 is 0 Å². The molecular formula is C15H21Cl2NO. The van der Waals surface area contributed by atoms with Gasteiger partial charge in [0, 0.05) is 6.04 Å². The van der Waals surface area contributed by atoms with Crippen LogP contribution in [0.4, 0.5) is 0 Å². The number of rotatable bonds is 2. The average Bonchev–Trinajstić information content (AvgIpc) is 2.83. The number of carbonyl (C=O) groups is 1. The van der Waals surface area contributed by atoms with E-state index in [9.17, 15) is 4.79 Å². The second-order valence-corrected chi connectivity index (χ2v) is 9.13. The van der Waals surface area contributed by atoms with E-state index in [1.165, 1.54) is 32.1 Å². The van der Waals surface area contributed by atoms with Gasteiger partial charge in [-0.1, -0.05) is 0 Å². The van der Waals surface area contributed by atoms with Crippen LogP contribution >= 0.6 is 23.2 Å². The predicted molar refractivity (Wildman–Crippen MR) is 76.1 cm³/mol. The summed E-state index contributed by atoms with van der Waals surface area (Å²) < 4.78 is -0.844. The first-order valence-electron chi connectivity index (χ1n) is 7.58. The summed E-state index contributed by atoms with van der Waals surface area (Å²) in [5.74, 6) is 3.37. The van der Waals surface area contributed by atoms with Crippen LogP contribution in [0.3, 0.4) is 0 Å². The molecule has 4 bridgehead atoms. The molecule has 5 aliphatic carbocycles. The molecule has 0 aromatic carbocycles. The molecule has 19 heavy (non-hydrogen) atoms. The Bertz CT molecular complexity index is 408. The van der Waals surface area contributed by atoms with Crippen molar-refractivity contribution in [2.75, 3.05) is 0 Å². The Kier molecular flexibility index (Phi) is 2.57. The van der Waals surface area contributed by atoms with Crippen LogP contribution < -0.4 is 5.32 Å². The normalized spacial score (nSPS) is 53.1. The van der Waals surface area contributed by atoms with Gasteiger partial charge in [-0.15, -0.1) is 23.2 Å². The average molecular weight is 302 g/mol. The molecule has 1 amide bonds. The maximum absolute atomic E-state index is 12.5. The summed E-state index contributed by atoms with van der Waals surface area (Å²) in [6.07, 6.45) is 7.31. The molecule has 0 spiro atoms. The summed E-state index contributed by atoms with van der Waals surface area (Å²) in [6, 6.07) is 0.391. The third kappa shape index (κ3) is 1.78. The molecule has 1 N–H and O–H groups in total.